The molecule has 110 valence electrons. The Bertz CT molecular complexity index is 645. The highest BCUT2D eigenvalue weighted by Crippen LogP contribution is 2.25. The highest BCUT2D eigenvalue weighted by Gasteiger charge is 2.10. The molecular weight excluding hydrogens is 294 g/mol. The molecule has 0 aliphatic heterocycles. The summed E-state index contributed by atoms with van der Waals surface area (Å²) in [5.74, 6) is 1.32. The zero-order valence-electron chi connectivity index (χ0n) is 11.4. The van der Waals surface area contributed by atoms with Crippen molar-refractivity contribution < 1.29 is 14.4 Å². The van der Waals surface area contributed by atoms with E-state index in [4.69, 9.17) is 21.1 Å². The Morgan fingerprint density at radius 1 is 1.14 bits per heavy atom. The van der Waals surface area contributed by atoms with Gasteiger partial charge in [-0.05, 0) is 25.1 Å². The van der Waals surface area contributed by atoms with Gasteiger partial charge < -0.3 is 9.47 Å². The van der Waals surface area contributed by atoms with Crippen molar-refractivity contribution in [3.8, 4) is 11.5 Å². The van der Waals surface area contributed by atoms with Gasteiger partial charge in [-0.3, -0.25) is 10.1 Å². The number of halogens is 1. The SMILES string of the molecule is CCOc1cccc(OCc2cc([N+](=O)[O-])ccc2Cl)c1. The lowest BCUT2D eigenvalue weighted by atomic mass is 10.2. The number of nitro groups is 1. The number of hydrogen-bond donors (Lipinski definition) is 0. The minimum Gasteiger partial charge on any atom is -0.494 e. The summed E-state index contributed by atoms with van der Waals surface area (Å²) in [5.41, 5.74) is 0.550. The van der Waals surface area contributed by atoms with Gasteiger partial charge in [0.05, 0.1) is 11.5 Å². The maximum atomic E-state index is 10.8. The quantitative estimate of drug-likeness (QED) is 0.592. The van der Waals surface area contributed by atoms with Crippen molar-refractivity contribution >= 4 is 17.3 Å². The molecule has 2 rings (SSSR count). The molecule has 0 saturated carbocycles. The third-order valence-corrected chi connectivity index (χ3v) is 3.12. The van der Waals surface area contributed by atoms with Crippen LogP contribution in [0.1, 0.15) is 12.5 Å². The molecule has 0 aliphatic carbocycles. The Kier molecular flexibility index (Phi) is 5.00. The molecule has 0 aromatic heterocycles. The Morgan fingerprint density at radius 3 is 2.52 bits per heavy atom. The van der Waals surface area contributed by atoms with Crippen molar-refractivity contribution in [2.75, 3.05) is 6.61 Å². The molecule has 2 aromatic rings. The van der Waals surface area contributed by atoms with Gasteiger partial charge in [-0.15, -0.1) is 0 Å². The van der Waals surface area contributed by atoms with E-state index in [0.717, 1.165) is 0 Å². The van der Waals surface area contributed by atoms with Crippen LogP contribution < -0.4 is 9.47 Å². The van der Waals surface area contributed by atoms with Gasteiger partial charge in [-0.2, -0.15) is 0 Å². The topological polar surface area (TPSA) is 61.6 Å². The summed E-state index contributed by atoms with van der Waals surface area (Å²) >= 11 is 6.02. The molecule has 5 nitrogen and oxygen atoms in total. The van der Waals surface area contributed by atoms with E-state index >= 15 is 0 Å². The van der Waals surface area contributed by atoms with Gasteiger partial charge in [-0.25, -0.2) is 0 Å². The van der Waals surface area contributed by atoms with E-state index in [1.54, 1.807) is 12.1 Å². The maximum Gasteiger partial charge on any atom is 0.269 e. The lowest BCUT2D eigenvalue weighted by Gasteiger charge is -2.09. The molecule has 0 spiro atoms. The molecule has 2 aromatic carbocycles. The first-order valence-corrected chi connectivity index (χ1v) is 6.76. The largest absolute Gasteiger partial charge is 0.494 e. The van der Waals surface area contributed by atoms with E-state index in [-0.39, 0.29) is 12.3 Å². The van der Waals surface area contributed by atoms with E-state index in [0.29, 0.717) is 28.7 Å². The van der Waals surface area contributed by atoms with Crippen LogP contribution in [-0.4, -0.2) is 11.5 Å². The number of non-ortho nitro benzene ring substituents is 1. The van der Waals surface area contributed by atoms with Gasteiger partial charge in [0.25, 0.3) is 5.69 Å². The van der Waals surface area contributed by atoms with Gasteiger partial charge in [0, 0.05) is 28.8 Å². The molecule has 0 saturated heterocycles. The summed E-state index contributed by atoms with van der Waals surface area (Å²) in [6.45, 7) is 2.62. The van der Waals surface area contributed by atoms with E-state index in [1.807, 2.05) is 19.1 Å². The third kappa shape index (κ3) is 4.10. The van der Waals surface area contributed by atoms with Crippen LogP contribution >= 0.6 is 11.6 Å². The minimum atomic E-state index is -0.463. The van der Waals surface area contributed by atoms with Crippen LogP contribution in [0.4, 0.5) is 5.69 Å². The standard InChI is InChI=1S/C15H14ClNO4/c1-2-20-13-4-3-5-14(9-13)21-10-11-8-12(17(18)19)6-7-15(11)16/h3-9H,2,10H2,1H3. The number of nitrogens with zero attached hydrogens (tertiary/aromatic N) is 1. The number of hydrogen-bond acceptors (Lipinski definition) is 4. The van der Waals surface area contributed by atoms with Gasteiger partial charge in [0.15, 0.2) is 0 Å². The normalized spacial score (nSPS) is 10.2. The second-order valence-corrected chi connectivity index (χ2v) is 4.64. The van der Waals surface area contributed by atoms with Crippen molar-refractivity contribution in [3.05, 3.63) is 63.2 Å². The van der Waals surface area contributed by atoms with Gasteiger partial charge >= 0.3 is 0 Å². The second-order valence-electron chi connectivity index (χ2n) is 4.23. The molecule has 0 aliphatic rings. The van der Waals surface area contributed by atoms with Crippen molar-refractivity contribution in [1.29, 1.82) is 0 Å². The molecule has 0 amide bonds. The first-order chi connectivity index (χ1) is 10.1. The van der Waals surface area contributed by atoms with Crippen molar-refractivity contribution in [1.82, 2.24) is 0 Å². The molecular formula is C15H14ClNO4. The Hall–Kier alpha value is -2.27. The van der Waals surface area contributed by atoms with Crippen molar-refractivity contribution in [2.45, 2.75) is 13.5 Å². The minimum absolute atomic E-state index is 0.0129. The van der Waals surface area contributed by atoms with E-state index < -0.39 is 4.92 Å². The second kappa shape index (κ2) is 6.95. The monoisotopic (exact) mass is 307 g/mol. The Morgan fingerprint density at radius 2 is 1.86 bits per heavy atom. The van der Waals surface area contributed by atoms with Gasteiger partial charge in [0.1, 0.15) is 18.1 Å². The summed E-state index contributed by atoms with van der Waals surface area (Å²) in [7, 11) is 0. The van der Waals surface area contributed by atoms with E-state index in [1.165, 1.54) is 18.2 Å². The maximum absolute atomic E-state index is 10.8. The Balaban J connectivity index is 2.10. The van der Waals surface area contributed by atoms with Crippen molar-refractivity contribution in [3.63, 3.8) is 0 Å². The fourth-order valence-corrected chi connectivity index (χ4v) is 1.94. The van der Waals surface area contributed by atoms with Gasteiger partial charge in [0.2, 0.25) is 0 Å². The summed E-state index contributed by atoms with van der Waals surface area (Å²) < 4.78 is 11.0. The first-order valence-electron chi connectivity index (χ1n) is 6.38. The molecule has 0 N–H and O–H groups in total. The molecule has 0 heterocycles. The predicted octanol–water partition coefficient (Wildman–Crippen LogP) is 4.23. The van der Waals surface area contributed by atoms with Crippen LogP contribution in [0.25, 0.3) is 0 Å². The molecule has 0 atom stereocenters. The summed E-state index contributed by atoms with van der Waals surface area (Å²) in [6.07, 6.45) is 0. The van der Waals surface area contributed by atoms with Crippen LogP contribution in [0.15, 0.2) is 42.5 Å². The summed E-state index contributed by atoms with van der Waals surface area (Å²) in [5, 5.41) is 11.2. The van der Waals surface area contributed by atoms with E-state index in [2.05, 4.69) is 0 Å². The van der Waals surface area contributed by atoms with Crippen LogP contribution in [0.2, 0.25) is 5.02 Å². The average Bonchev–Trinajstić information content (AvgIpc) is 2.47. The highest BCUT2D eigenvalue weighted by atomic mass is 35.5. The molecule has 0 fully saturated rings. The van der Waals surface area contributed by atoms with Crippen LogP contribution in [0.3, 0.4) is 0 Å². The van der Waals surface area contributed by atoms with Crippen molar-refractivity contribution in [2.24, 2.45) is 0 Å². The van der Waals surface area contributed by atoms with E-state index in [9.17, 15) is 10.1 Å². The number of ether oxygens (including phenoxy) is 2. The zero-order valence-corrected chi connectivity index (χ0v) is 12.2. The van der Waals surface area contributed by atoms with Crippen LogP contribution in [0, 0.1) is 10.1 Å². The molecule has 0 bridgehead atoms. The Labute approximate surface area is 127 Å². The smallest absolute Gasteiger partial charge is 0.269 e. The number of benzene rings is 2. The third-order valence-electron chi connectivity index (χ3n) is 2.75. The first kappa shape index (κ1) is 15.1. The predicted molar refractivity (Wildman–Crippen MR) is 80.0 cm³/mol. The lowest BCUT2D eigenvalue weighted by molar-refractivity contribution is -0.384. The summed E-state index contributed by atoms with van der Waals surface area (Å²) in [4.78, 5) is 10.3. The highest BCUT2D eigenvalue weighted by molar-refractivity contribution is 6.31. The zero-order chi connectivity index (χ0) is 15.2. The fraction of sp³-hybridized carbons (Fsp3) is 0.200. The lowest BCUT2D eigenvalue weighted by Crippen LogP contribution is -1.99. The average molecular weight is 308 g/mol. The van der Waals surface area contributed by atoms with Crippen LogP contribution in [0.5, 0.6) is 11.5 Å². The number of rotatable bonds is 6. The fourth-order valence-electron chi connectivity index (χ4n) is 1.77. The molecule has 6 heteroatoms. The van der Waals surface area contributed by atoms with Gasteiger partial charge in [-0.1, -0.05) is 17.7 Å². The summed E-state index contributed by atoms with van der Waals surface area (Å²) in [6, 6.07) is 11.5. The van der Waals surface area contributed by atoms with Crippen LogP contribution in [-0.2, 0) is 6.61 Å². The molecule has 0 unspecified atom stereocenters. The molecule has 21 heavy (non-hydrogen) atoms. The number of nitro benzene ring substituents is 1. The molecule has 0 radical (unpaired) electrons.